The lowest BCUT2D eigenvalue weighted by atomic mass is 10.0. The van der Waals surface area contributed by atoms with Crippen LogP contribution in [0, 0.1) is 5.92 Å². The van der Waals surface area contributed by atoms with Gasteiger partial charge < -0.3 is 30.7 Å². The van der Waals surface area contributed by atoms with Gasteiger partial charge in [0.1, 0.15) is 18.1 Å². The van der Waals surface area contributed by atoms with Crippen molar-refractivity contribution in [3.8, 4) is 0 Å². The molecule has 1 heterocycles. The molecule has 0 unspecified atom stereocenters. The van der Waals surface area contributed by atoms with Crippen molar-refractivity contribution in [3.63, 3.8) is 0 Å². The van der Waals surface area contributed by atoms with Gasteiger partial charge in [0.25, 0.3) is 5.91 Å². The number of carbonyl (C=O) groups excluding carboxylic acids is 5. The van der Waals surface area contributed by atoms with Gasteiger partial charge in [-0.15, -0.1) is 0 Å². The lowest BCUT2D eigenvalue weighted by molar-refractivity contribution is -0.140. The van der Waals surface area contributed by atoms with Crippen molar-refractivity contribution in [3.05, 3.63) is 65.7 Å². The lowest BCUT2D eigenvalue weighted by Gasteiger charge is -2.32. The van der Waals surface area contributed by atoms with Crippen LogP contribution in [-0.2, 0) is 25.6 Å². The lowest BCUT2D eigenvalue weighted by Crippen LogP contribution is -2.57. The fourth-order valence-corrected chi connectivity index (χ4v) is 4.90. The minimum absolute atomic E-state index is 0.176. The fraction of sp³-hybridized carbons (Fsp3) is 0.469. The number of likely N-dealkylation sites (N-methyl/N-ethyl adjacent to an activating group) is 1. The van der Waals surface area contributed by atoms with Crippen LogP contribution in [0.25, 0.3) is 0 Å². The van der Waals surface area contributed by atoms with Crippen molar-refractivity contribution in [2.75, 3.05) is 45.7 Å². The molecular weight excluding hydrogens is 548 g/mol. The first kappa shape index (κ1) is 33.1. The van der Waals surface area contributed by atoms with Gasteiger partial charge >= 0.3 is 0 Å². The summed E-state index contributed by atoms with van der Waals surface area (Å²) in [6, 6.07) is 13.8. The Hall–Kier alpha value is -4.41. The maximum atomic E-state index is 13.8. The van der Waals surface area contributed by atoms with Gasteiger partial charge in [-0.3, -0.25) is 24.0 Å². The maximum Gasteiger partial charge on any atom is 0.254 e. The summed E-state index contributed by atoms with van der Waals surface area (Å²) < 4.78 is 0. The molecule has 0 saturated carbocycles. The smallest absolute Gasteiger partial charge is 0.254 e. The van der Waals surface area contributed by atoms with E-state index >= 15 is 0 Å². The molecule has 3 rings (SSSR count). The minimum Gasteiger partial charge on any atom is -0.378 e. The van der Waals surface area contributed by atoms with Crippen molar-refractivity contribution in [2.45, 2.75) is 51.7 Å². The second kappa shape index (κ2) is 15.2. The molecule has 2 aromatic rings. The fourth-order valence-electron chi connectivity index (χ4n) is 4.90. The third-order valence-corrected chi connectivity index (χ3v) is 7.51. The zero-order valence-corrected chi connectivity index (χ0v) is 25.9. The molecule has 0 aromatic heterocycles. The number of nitrogens with zero attached hydrogens (tertiary/aromatic N) is 3. The van der Waals surface area contributed by atoms with Gasteiger partial charge in [0.05, 0.1) is 6.54 Å². The van der Waals surface area contributed by atoms with Crippen LogP contribution in [0.3, 0.4) is 0 Å². The average molecular weight is 593 g/mol. The molecule has 0 aliphatic carbocycles. The Morgan fingerprint density at radius 3 is 2.33 bits per heavy atom. The first-order valence-corrected chi connectivity index (χ1v) is 14.6. The predicted molar refractivity (Wildman–Crippen MR) is 165 cm³/mol. The number of hydrogen-bond acceptors (Lipinski definition) is 6. The van der Waals surface area contributed by atoms with Crippen molar-refractivity contribution in [1.29, 1.82) is 0 Å². The van der Waals surface area contributed by atoms with E-state index in [9.17, 15) is 24.0 Å². The van der Waals surface area contributed by atoms with Crippen LogP contribution in [0.5, 0.6) is 0 Å². The summed E-state index contributed by atoms with van der Waals surface area (Å²) in [5.41, 5.74) is 2.13. The number of rotatable bonds is 5. The molecular formula is C32H44N6O5. The molecule has 11 nitrogen and oxygen atoms in total. The van der Waals surface area contributed by atoms with Crippen LogP contribution >= 0.6 is 0 Å². The van der Waals surface area contributed by atoms with E-state index in [0.717, 1.165) is 11.3 Å². The average Bonchev–Trinajstić information content (AvgIpc) is 2.98. The summed E-state index contributed by atoms with van der Waals surface area (Å²) in [5, 5.41) is 8.46. The van der Waals surface area contributed by atoms with E-state index in [1.807, 2.05) is 55.4 Å². The first-order valence-electron chi connectivity index (χ1n) is 14.6. The van der Waals surface area contributed by atoms with Crippen molar-refractivity contribution in [2.24, 2.45) is 5.92 Å². The van der Waals surface area contributed by atoms with Gasteiger partial charge in [0, 0.05) is 51.9 Å². The summed E-state index contributed by atoms with van der Waals surface area (Å²) in [6.07, 6.45) is 0.633. The van der Waals surface area contributed by atoms with Crippen LogP contribution in [-0.4, -0.2) is 98.2 Å². The molecule has 1 aliphatic rings. The molecule has 1 aliphatic heterocycles. The van der Waals surface area contributed by atoms with Crippen LogP contribution in [0.2, 0.25) is 0 Å². The number of amides is 5. The zero-order valence-electron chi connectivity index (χ0n) is 25.9. The Morgan fingerprint density at radius 2 is 1.67 bits per heavy atom. The van der Waals surface area contributed by atoms with Crippen LogP contribution in [0.15, 0.2) is 54.6 Å². The molecule has 43 heavy (non-hydrogen) atoms. The first-order chi connectivity index (χ1) is 20.4. The number of hydrogen-bond donors (Lipinski definition) is 3. The van der Waals surface area contributed by atoms with E-state index in [1.165, 1.54) is 16.8 Å². The van der Waals surface area contributed by atoms with E-state index in [-0.39, 0.29) is 43.8 Å². The van der Waals surface area contributed by atoms with Crippen LogP contribution < -0.4 is 20.9 Å². The SMILES string of the molecule is CC(C)[C@@H]1NC(=O)[C@@H](C)N(C(=O)c2cccc(N(C)C)c2)CCCNC(=O)[C@H](Cc2ccccc2)NC(=O)CN(C)C1=O. The highest BCUT2D eigenvalue weighted by Crippen LogP contribution is 2.17. The number of nitrogens with one attached hydrogen (secondary N) is 3. The Bertz CT molecular complexity index is 1300. The topological polar surface area (TPSA) is 131 Å². The minimum atomic E-state index is -0.918. The van der Waals surface area contributed by atoms with Gasteiger partial charge in [-0.1, -0.05) is 50.2 Å². The second-order valence-corrected chi connectivity index (χ2v) is 11.5. The maximum absolute atomic E-state index is 13.8. The third kappa shape index (κ3) is 9.04. The molecule has 1 fully saturated rings. The quantitative estimate of drug-likeness (QED) is 0.482. The standard InChI is InChI=1S/C32H44N6O5/c1-21(2)28-32(43)37(6)20-27(39)34-26(18-23-12-8-7-9-13-23)30(41)33-16-11-17-38(22(3)29(40)35-28)31(42)24-14-10-15-25(19-24)36(4)5/h7-10,12-15,19,21-22,26,28H,11,16-18,20H2,1-6H3,(H,33,41)(H,34,39)(H,35,40)/t22-,26+,28+/m1/s1. The summed E-state index contributed by atoms with van der Waals surface area (Å²) >= 11 is 0. The Morgan fingerprint density at radius 1 is 0.977 bits per heavy atom. The van der Waals surface area contributed by atoms with E-state index < -0.39 is 35.8 Å². The van der Waals surface area contributed by atoms with Gasteiger partial charge in [-0.25, -0.2) is 0 Å². The van der Waals surface area contributed by atoms with E-state index in [2.05, 4.69) is 16.0 Å². The second-order valence-electron chi connectivity index (χ2n) is 11.5. The highest BCUT2D eigenvalue weighted by atomic mass is 16.2. The molecule has 3 N–H and O–H groups in total. The largest absolute Gasteiger partial charge is 0.378 e. The molecule has 0 spiro atoms. The van der Waals surface area contributed by atoms with Crippen molar-refractivity contribution in [1.82, 2.24) is 25.8 Å². The summed E-state index contributed by atoms with van der Waals surface area (Å²) in [4.78, 5) is 71.5. The summed E-state index contributed by atoms with van der Waals surface area (Å²) in [7, 11) is 5.24. The van der Waals surface area contributed by atoms with Gasteiger partial charge in [0.2, 0.25) is 23.6 Å². The zero-order chi connectivity index (χ0) is 31.7. The molecule has 0 radical (unpaired) electrons. The molecule has 5 amide bonds. The molecule has 11 heteroatoms. The van der Waals surface area contributed by atoms with E-state index in [4.69, 9.17) is 0 Å². The number of benzene rings is 2. The number of anilines is 1. The molecule has 3 atom stereocenters. The molecule has 2 aromatic carbocycles. The van der Waals surface area contributed by atoms with Gasteiger partial charge in [-0.2, -0.15) is 0 Å². The van der Waals surface area contributed by atoms with E-state index in [1.54, 1.807) is 39.0 Å². The Kier molecular flexibility index (Phi) is 11.7. The van der Waals surface area contributed by atoms with Gasteiger partial charge in [0.15, 0.2) is 0 Å². The van der Waals surface area contributed by atoms with Crippen LogP contribution in [0.4, 0.5) is 5.69 Å². The van der Waals surface area contributed by atoms with Crippen molar-refractivity contribution < 1.29 is 24.0 Å². The highest BCUT2D eigenvalue weighted by molar-refractivity contribution is 5.99. The highest BCUT2D eigenvalue weighted by Gasteiger charge is 2.33. The Labute approximate surface area is 254 Å². The Balaban J connectivity index is 1.92. The van der Waals surface area contributed by atoms with E-state index in [0.29, 0.717) is 12.0 Å². The van der Waals surface area contributed by atoms with Crippen molar-refractivity contribution >= 4 is 35.2 Å². The third-order valence-electron chi connectivity index (χ3n) is 7.51. The summed E-state index contributed by atoms with van der Waals surface area (Å²) in [5.74, 6) is -2.42. The van der Waals surface area contributed by atoms with Crippen LogP contribution in [0.1, 0.15) is 43.1 Å². The molecule has 0 bridgehead atoms. The molecule has 232 valence electrons. The monoisotopic (exact) mass is 592 g/mol. The summed E-state index contributed by atoms with van der Waals surface area (Å²) in [6.45, 7) is 5.34. The molecule has 1 saturated heterocycles. The normalized spacial score (nSPS) is 21.2. The number of carbonyl (C=O) groups is 5. The van der Waals surface area contributed by atoms with Gasteiger partial charge in [-0.05, 0) is 43.0 Å². The predicted octanol–water partition coefficient (Wildman–Crippen LogP) is 1.43.